The fourth-order valence-electron chi connectivity index (χ4n) is 0.626. The molecule has 0 atom stereocenters. The molecule has 0 saturated carbocycles. The first kappa shape index (κ1) is 6.68. The third kappa shape index (κ3) is 1.75. The second-order valence-electron chi connectivity index (χ2n) is 1.68. The number of nitrogens with one attached hydrogen (secondary N) is 1. The fraction of sp³-hybridized carbons (Fsp3) is 0.333. The van der Waals surface area contributed by atoms with E-state index in [4.69, 9.17) is 4.74 Å². The molecule has 1 aliphatic heterocycles. The highest BCUT2D eigenvalue weighted by molar-refractivity contribution is 9.11. The molecule has 0 amide bonds. The minimum Gasteiger partial charge on any atom is -0.497 e. The average molecular weight is 190 g/mol. The Kier molecular flexibility index (Phi) is 2.16. The van der Waals surface area contributed by atoms with E-state index in [2.05, 4.69) is 21.2 Å². The second-order valence-corrected chi connectivity index (χ2v) is 2.54. The lowest BCUT2D eigenvalue weighted by Gasteiger charge is -2.09. The summed E-state index contributed by atoms with van der Waals surface area (Å²) in [5.41, 5.74) is 0. The van der Waals surface area contributed by atoms with Crippen LogP contribution >= 0.6 is 15.9 Å². The Balaban J connectivity index is 2.63. The SMILES string of the molecule is COC1=CCNC(Br)=C1. The first-order valence-electron chi connectivity index (χ1n) is 2.68. The first-order valence-corrected chi connectivity index (χ1v) is 3.47. The highest BCUT2D eigenvalue weighted by Gasteiger charge is 1.98. The zero-order chi connectivity index (χ0) is 6.69. The quantitative estimate of drug-likeness (QED) is 0.630. The molecule has 1 rings (SSSR count). The van der Waals surface area contributed by atoms with E-state index >= 15 is 0 Å². The van der Waals surface area contributed by atoms with Gasteiger partial charge in [-0.15, -0.1) is 0 Å². The summed E-state index contributed by atoms with van der Waals surface area (Å²) in [6.07, 6.45) is 3.87. The molecule has 2 nitrogen and oxygen atoms in total. The molecule has 0 aromatic heterocycles. The van der Waals surface area contributed by atoms with Crippen LogP contribution in [0.5, 0.6) is 0 Å². The van der Waals surface area contributed by atoms with Crippen LogP contribution in [0.3, 0.4) is 0 Å². The molecule has 9 heavy (non-hydrogen) atoms. The molecule has 3 heteroatoms. The van der Waals surface area contributed by atoms with E-state index in [1.807, 2.05) is 12.2 Å². The van der Waals surface area contributed by atoms with E-state index in [0.717, 1.165) is 16.9 Å². The largest absolute Gasteiger partial charge is 0.497 e. The van der Waals surface area contributed by atoms with Gasteiger partial charge in [0.15, 0.2) is 0 Å². The minimum absolute atomic E-state index is 0.834. The van der Waals surface area contributed by atoms with Gasteiger partial charge in [0, 0.05) is 12.6 Å². The lowest BCUT2D eigenvalue weighted by atomic mass is 10.3. The second kappa shape index (κ2) is 2.92. The van der Waals surface area contributed by atoms with Crippen molar-refractivity contribution in [3.8, 4) is 0 Å². The molecule has 0 unspecified atom stereocenters. The van der Waals surface area contributed by atoms with E-state index in [-0.39, 0.29) is 0 Å². The number of ether oxygens (including phenoxy) is 1. The van der Waals surface area contributed by atoms with Gasteiger partial charge in [-0.25, -0.2) is 0 Å². The van der Waals surface area contributed by atoms with Crippen molar-refractivity contribution in [3.05, 3.63) is 22.5 Å². The lowest BCUT2D eigenvalue weighted by Crippen LogP contribution is -2.13. The summed E-state index contributed by atoms with van der Waals surface area (Å²) >= 11 is 3.30. The normalized spacial score (nSPS) is 17.6. The van der Waals surface area contributed by atoms with Gasteiger partial charge >= 0.3 is 0 Å². The summed E-state index contributed by atoms with van der Waals surface area (Å²) in [4.78, 5) is 0. The minimum atomic E-state index is 0.834. The van der Waals surface area contributed by atoms with Crippen LogP contribution in [0.15, 0.2) is 22.5 Å². The summed E-state index contributed by atoms with van der Waals surface area (Å²) < 4.78 is 5.95. The maximum Gasteiger partial charge on any atom is 0.119 e. The molecule has 0 aromatic rings. The maximum atomic E-state index is 4.98. The van der Waals surface area contributed by atoms with Crippen molar-refractivity contribution in [1.29, 1.82) is 0 Å². The van der Waals surface area contributed by atoms with Crippen molar-refractivity contribution < 1.29 is 4.74 Å². The van der Waals surface area contributed by atoms with Crippen LogP contribution in [0.4, 0.5) is 0 Å². The van der Waals surface area contributed by atoms with Crippen molar-refractivity contribution in [1.82, 2.24) is 5.32 Å². The molecule has 0 saturated heterocycles. The third-order valence-corrected chi connectivity index (χ3v) is 1.59. The molecule has 1 N–H and O–H groups in total. The molecule has 0 spiro atoms. The Morgan fingerprint density at radius 3 is 3.00 bits per heavy atom. The lowest BCUT2D eigenvalue weighted by molar-refractivity contribution is 0.303. The molecule has 0 radical (unpaired) electrons. The topological polar surface area (TPSA) is 21.3 Å². The summed E-state index contributed by atoms with van der Waals surface area (Å²) in [5.74, 6) is 0.903. The van der Waals surface area contributed by atoms with Crippen LogP contribution in [0.2, 0.25) is 0 Å². The monoisotopic (exact) mass is 189 g/mol. The van der Waals surface area contributed by atoms with Crippen molar-refractivity contribution in [2.75, 3.05) is 13.7 Å². The Morgan fingerprint density at radius 1 is 1.78 bits per heavy atom. The Morgan fingerprint density at radius 2 is 2.56 bits per heavy atom. The molecular formula is C6H8BrNO. The van der Waals surface area contributed by atoms with E-state index in [1.54, 1.807) is 7.11 Å². The van der Waals surface area contributed by atoms with Crippen molar-refractivity contribution >= 4 is 15.9 Å². The first-order chi connectivity index (χ1) is 4.33. The molecule has 0 aromatic carbocycles. The van der Waals surface area contributed by atoms with Crippen LogP contribution in [-0.4, -0.2) is 13.7 Å². The molecule has 50 valence electrons. The molecule has 0 aliphatic carbocycles. The molecule has 1 heterocycles. The van der Waals surface area contributed by atoms with E-state index in [0.29, 0.717) is 0 Å². The van der Waals surface area contributed by atoms with Crippen LogP contribution in [-0.2, 0) is 4.74 Å². The maximum absolute atomic E-state index is 4.98. The Labute approximate surface area is 62.7 Å². The summed E-state index contributed by atoms with van der Waals surface area (Å²) in [6, 6.07) is 0. The third-order valence-electron chi connectivity index (χ3n) is 1.08. The van der Waals surface area contributed by atoms with Gasteiger partial charge < -0.3 is 10.1 Å². The smallest absolute Gasteiger partial charge is 0.119 e. The zero-order valence-electron chi connectivity index (χ0n) is 5.15. The van der Waals surface area contributed by atoms with Crippen molar-refractivity contribution in [2.45, 2.75) is 0 Å². The van der Waals surface area contributed by atoms with E-state index in [1.165, 1.54) is 0 Å². The number of halogens is 1. The van der Waals surface area contributed by atoms with Gasteiger partial charge in [0.1, 0.15) is 5.76 Å². The summed E-state index contributed by atoms with van der Waals surface area (Å²) in [6.45, 7) is 0.834. The number of hydrogen-bond acceptors (Lipinski definition) is 2. The van der Waals surface area contributed by atoms with Gasteiger partial charge in [0.25, 0.3) is 0 Å². The molecule has 0 fully saturated rings. The van der Waals surface area contributed by atoms with E-state index < -0.39 is 0 Å². The number of dihydropyridines is 1. The average Bonchev–Trinajstić information content (AvgIpc) is 1.88. The van der Waals surface area contributed by atoms with Crippen LogP contribution in [0.1, 0.15) is 0 Å². The van der Waals surface area contributed by atoms with Gasteiger partial charge in [-0.1, -0.05) is 0 Å². The van der Waals surface area contributed by atoms with Crippen molar-refractivity contribution in [3.63, 3.8) is 0 Å². The zero-order valence-corrected chi connectivity index (χ0v) is 6.73. The Hall–Kier alpha value is -0.440. The van der Waals surface area contributed by atoms with Gasteiger partial charge in [0.05, 0.1) is 11.7 Å². The number of allylic oxidation sites excluding steroid dienone is 1. The summed E-state index contributed by atoms with van der Waals surface area (Å²) in [7, 11) is 1.66. The molecule has 1 aliphatic rings. The van der Waals surface area contributed by atoms with Crippen LogP contribution in [0, 0.1) is 0 Å². The highest BCUT2D eigenvalue weighted by Crippen LogP contribution is 2.10. The predicted octanol–water partition coefficient (Wildman–Crippen LogP) is 1.36. The number of rotatable bonds is 1. The number of methoxy groups -OCH3 is 1. The molecule has 0 bridgehead atoms. The summed E-state index contributed by atoms with van der Waals surface area (Å²) in [5, 5.41) is 3.07. The van der Waals surface area contributed by atoms with Crippen LogP contribution < -0.4 is 5.32 Å². The predicted molar refractivity (Wildman–Crippen MR) is 40.1 cm³/mol. The van der Waals surface area contributed by atoms with Crippen molar-refractivity contribution in [2.24, 2.45) is 0 Å². The van der Waals surface area contributed by atoms with Gasteiger partial charge in [-0.2, -0.15) is 0 Å². The van der Waals surface area contributed by atoms with Gasteiger partial charge in [0.2, 0.25) is 0 Å². The fourth-order valence-corrected chi connectivity index (χ4v) is 1.01. The Bertz CT molecular complexity index is 162. The molecular weight excluding hydrogens is 182 g/mol. The van der Waals surface area contributed by atoms with Gasteiger partial charge in [-0.05, 0) is 22.0 Å². The standard InChI is InChI=1S/C6H8BrNO/c1-9-5-2-3-8-6(7)4-5/h2,4,8H,3H2,1H3. The van der Waals surface area contributed by atoms with Gasteiger partial charge in [-0.3, -0.25) is 0 Å². The highest BCUT2D eigenvalue weighted by atomic mass is 79.9. The van der Waals surface area contributed by atoms with E-state index in [9.17, 15) is 0 Å². The number of hydrogen-bond donors (Lipinski definition) is 1. The van der Waals surface area contributed by atoms with Crippen LogP contribution in [0.25, 0.3) is 0 Å².